The molecule has 0 aromatic carbocycles. The molecule has 3 atom stereocenters. The lowest BCUT2D eigenvalue weighted by Crippen LogP contribution is -2.37. The zero-order valence-corrected chi connectivity index (χ0v) is 10.00. The molecular weight excluding hydrogens is 172 g/mol. The van der Waals surface area contributed by atoms with Crippen LogP contribution in [0.15, 0.2) is 0 Å². The summed E-state index contributed by atoms with van der Waals surface area (Å²) in [5.74, 6) is 0.919. The molecule has 1 aliphatic heterocycles. The minimum absolute atomic E-state index is 0.339. The Morgan fingerprint density at radius 1 is 1.29 bits per heavy atom. The van der Waals surface area contributed by atoms with Crippen LogP contribution in [0.3, 0.4) is 0 Å². The van der Waals surface area contributed by atoms with Crippen molar-refractivity contribution in [1.82, 2.24) is 4.90 Å². The Morgan fingerprint density at radius 3 is 2.64 bits per heavy atom. The molecule has 1 fully saturated rings. The van der Waals surface area contributed by atoms with E-state index < -0.39 is 0 Å². The summed E-state index contributed by atoms with van der Waals surface area (Å²) in [7, 11) is 0. The van der Waals surface area contributed by atoms with E-state index in [9.17, 15) is 0 Å². The van der Waals surface area contributed by atoms with Gasteiger partial charge >= 0.3 is 0 Å². The maximum absolute atomic E-state index is 5.84. The summed E-state index contributed by atoms with van der Waals surface area (Å²) in [6, 6.07) is 1.01. The second-order valence-corrected chi connectivity index (χ2v) is 5.13. The lowest BCUT2D eigenvalue weighted by atomic mass is 10.0. The first kappa shape index (κ1) is 12.0. The summed E-state index contributed by atoms with van der Waals surface area (Å²) in [4.78, 5) is 2.62. The Kier molecular flexibility index (Phi) is 4.90. The van der Waals surface area contributed by atoms with Crippen LogP contribution < -0.4 is 5.73 Å². The fourth-order valence-electron chi connectivity index (χ4n) is 2.41. The fourth-order valence-corrected chi connectivity index (χ4v) is 2.41. The third-order valence-corrected chi connectivity index (χ3v) is 3.39. The number of nitrogens with zero attached hydrogens (tertiary/aromatic N) is 1. The maximum atomic E-state index is 5.84. The molecule has 2 N–H and O–H groups in total. The molecule has 84 valence electrons. The van der Waals surface area contributed by atoms with E-state index in [0.29, 0.717) is 12.1 Å². The van der Waals surface area contributed by atoms with Crippen molar-refractivity contribution in [3.05, 3.63) is 0 Å². The highest BCUT2D eigenvalue weighted by atomic mass is 15.1. The standard InChI is InChI=1S/C12H26N2/c1-10-5-4-7-14(8-6-10)12(3)9-11(2)13/h10-12H,4-9,13H2,1-3H3. The van der Waals surface area contributed by atoms with Gasteiger partial charge in [0.15, 0.2) is 0 Å². The van der Waals surface area contributed by atoms with Crippen LogP contribution in [-0.4, -0.2) is 30.1 Å². The van der Waals surface area contributed by atoms with Crippen molar-refractivity contribution < 1.29 is 0 Å². The predicted molar refractivity (Wildman–Crippen MR) is 62.3 cm³/mol. The van der Waals surface area contributed by atoms with Gasteiger partial charge in [-0.2, -0.15) is 0 Å². The SMILES string of the molecule is CC(N)CC(C)N1CCCC(C)CC1. The van der Waals surface area contributed by atoms with Gasteiger partial charge in [-0.05, 0) is 58.5 Å². The van der Waals surface area contributed by atoms with Crippen molar-refractivity contribution in [2.24, 2.45) is 11.7 Å². The van der Waals surface area contributed by atoms with Crippen molar-refractivity contribution in [3.63, 3.8) is 0 Å². The van der Waals surface area contributed by atoms with Gasteiger partial charge in [-0.25, -0.2) is 0 Å². The minimum atomic E-state index is 0.339. The molecule has 3 unspecified atom stereocenters. The second kappa shape index (κ2) is 5.72. The first-order valence-corrected chi connectivity index (χ1v) is 6.09. The summed E-state index contributed by atoms with van der Waals surface area (Å²) >= 11 is 0. The zero-order valence-electron chi connectivity index (χ0n) is 10.00. The molecule has 0 aromatic heterocycles. The van der Waals surface area contributed by atoms with Crippen molar-refractivity contribution in [2.75, 3.05) is 13.1 Å². The fraction of sp³-hybridized carbons (Fsp3) is 1.00. The smallest absolute Gasteiger partial charge is 0.00815 e. The average molecular weight is 198 g/mol. The number of nitrogens with two attached hydrogens (primary N) is 1. The summed E-state index contributed by atoms with van der Waals surface area (Å²) < 4.78 is 0. The van der Waals surface area contributed by atoms with Crippen molar-refractivity contribution in [3.8, 4) is 0 Å². The molecule has 1 saturated heterocycles. The molecule has 0 aliphatic carbocycles. The largest absolute Gasteiger partial charge is 0.328 e. The summed E-state index contributed by atoms with van der Waals surface area (Å²) in [5, 5.41) is 0. The summed E-state index contributed by atoms with van der Waals surface area (Å²) in [6.45, 7) is 9.35. The Balaban J connectivity index is 2.35. The Bertz CT molecular complexity index is 156. The third-order valence-electron chi connectivity index (χ3n) is 3.39. The monoisotopic (exact) mass is 198 g/mol. The van der Waals surface area contributed by atoms with Gasteiger partial charge in [0.2, 0.25) is 0 Å². The molecule has 0 spiro atoms. The molecule has 1 heterocycles. The van der Waals surface area contributed by atoms with E-state index in [4.69, 9.17) is 5.73 Å². The minimum Gasteiger partial charge on any atom is -0.328 e. The predicted octanol–water partition coefficient (Wildman–Crippen LogP) is 2.23. The number of likely N-dealkylation sites (tertiary alicyclic amines) is 1. The first-order valence-electron chi connectivity index (χ1n) is 6.09. The van der Waals surface area contributed by atoms with Crippen molar-refractivity contribution in [1.29, 1.82) is 0 Å². The number of hydrogen-bond donors (Lipinski definition) is 1. The Morgan fingerprint density at radius 2 is 2.00 bits per heavy atom. The molecule has 1 rings (SSSR count). The molecule has 0 aromatic rings. The normalized spacial score (nSPS) is 29.6. The van der Waals surface area contributed by atoms with Crippen LogP contribution in [0.2, 0.25) is 0 Å². The van der Waals surface area contributed by atoms with Crippen LogP contribution in [0.4, 0.5) is 0 Å². The number of hydrogen-bond acceptors (Lipinski definition) is 2. The maximum Gasteiger partial charge on any atom is 0.00815 e. The second-order valence-electron chi connectivity index (χ2n) is 5.13. The molecule has 0 amide bonds. The third kappa shape index (κ3) is 3.97. The molecule has 1 aliphatic rings. The van der Waals surface area contributed by atoms with Gasteiger partial charge in [0, 0.05) is 12.1 Å². The van der Waals surface area contributed by atoms with Gasteiger partial charge in [-0.15, -0.1) is 0 Å². The van der Waals surface area contributed by atoms with Gasteiger partial charge < -0.3 is 10.6 Å². The Labute approximate surface area is 88.8 Å². The zero-order chi connectivity index (χ0) is 10.6. The van der Waals surface area contributed by atoms with E-state index in [1.807, 2.05) is 0 Å². The number of rotatable bonds is 3. The molecule has 2 nitrogen and oxygen atoms in total. The van der Waals surface area contributed by atoms with E-state index in [2.05, 4.69) is 25.7 Å². The van der Waals surface area contributed by atoms with Gasteiger partial charge in [0.1, 0.15) is 0 Å². The topological polar surface area (TPSA) is 29.3 Å². The lowest BCUT2D eigenvalue weighted by Gasteiger charge is -2.28. The van der Waals surface area contributed by atoms with Crippen LogP contribution in [-0.2, 0) is 0 Å². The summed E-state index contributed by atoms with van der Waals surface area (Å²) in [6.07, 6.45) is 5.27. The summed E-state index contributed by atoms with van der Waals surface area (Å²) in [5.41, 5.74) is 5.84. The molecule has 0 saturated carbocycles. The van der Waals surface area contributed by atoms with Gasteiger partial charge in [0.05, 0.1) is 0 Å². The van der Waals surface area contributed by atoms with E-state index in [-0.39, 0.29) is 0 Å². The first-order chi connectivity index (χ1) is 6.59. The van der Waals surface area contributed by atoms with Crippen molar-refractivity contribution in [2.45, 2.75) is 58.5 Å². The van der Waals surface area contributed by atoms with E-state index in [1.54, 1.807) is 0 Å². The van der Waals surface area contributed by atoms with Gasteiger partial charge in [-0.1, -0.05) is 6.92 Å². The van der Waals surface area contributed by atoms with Gasteiger partial charge in [0.25, 0.3) is 0 Å². The van der Waals surface area contributed by atoms with Crippen LogP contribution in [0.1, 0.15) is 46.5 Å². The quantitative estimate of drug-likeness (QED) is 0.753. The van der Waals surface area contributed by atoms with E-state index in [0.717, 1.165) is 12.3 Å². The highest BCUT2D eigenvalue weighted by Gasteiger charge is 2.18. The average Bonchev–Trinajstić information content (AvgIpc) is 2.28. The van der Waals surface area contributed by atoms with E-state index >= 15 is 0 Å². The highest BCUT2D eigenvalue weighted by molar-refractivity contribution is 4.74. The van der Waals surface area contributed by atoms with E-state index in [1.165, 1.54) is 32.4 Å². The Hall–Kier alpha value is -0.0800. The molecule has 0 radical (unpaired) electrons. The molecule has 2 heteroatoms. The molecular formula is C12H26N2. The van der Waals surface area contributed by atoms with Gasteiger partial charge in [-0.3, -0.25) is 0 Å². The van der Waals surface area contributed by atoms with Crippen LogP contribution in [0.5, 0.6) is 0 Å². The van der Waals surface area contributed by atoms with Crippen LogP contribution in [0, 0.1) is 5.92 Å². The van der Waals surface area contributed by atoms with Crippen LogP contribution in [0.25, 0.3) is 0 Å². The molecule has 0 bridgehead atoms. The molecule has 14 heavy (non-hydrogen) atoms. The highest BCUT2D eigenvalue weighted by Crippen LogP contribution is 2.19. The van der Waals surface area contributed by atoms with Crippen LogP contribution >= 0.6 is 0 Å². The van der Waals surface area contributed by atoms with Crippen molar-refractivity contribution >= 4 is 0 Å². The lowest BCUT2D eigenvalue weighted by molar-refractivity contribution is 0.199.